The van der Waals surface area contributed by atoms with Gasteiger partial charge in [-0.15, -0.1) is 0 Å². The summed E-state index contributed by atoms with van der Waals surface area (Å²) in [5, 5.41) is 0. The van der Waals surface area contributed by atoms with E-state index in [-0.39, 0.29) is 21.1 Å². The highest BCUT2D eigenvalue weighted by Gasteiger charge is 2.40. The Balaban J connectivity index is 2.27. The number of benzene rings is 2. The van der Waals surface area contributed by atoms with Crippen molar-refractivity contribution in [2.75, 3.05) is 0 Å². The number of sulfone groups is 1. The summed E-state index contributed by atoms with van der Waals surface area (Å²) in [6.07, 6.45) is 0. The van der Waals surface area contributed by atoms with Crippen LogP contribution in [-0.4, -0.2) is 14.2 Å². The van der Waals surface area contributed by atoms with Crippen LogP contribution in [0.4, 0.5) is 0 Å². The number of hydrogen-bond acceptors (Lipinski definition) is 4. The summed E-state index contributed by atoms with van der Waals surface area (Å²) >= 11 is 0. The van der Waals surface area contributed by atoms with Crippen molar-refractivity contribution in [2.45, 2.75) is 11.8 Å². The average molecular weight is 299 g/mol. The molecular weight excluding hydrogens is 286 g/mol. The van der Waals surface area contributed by atoms with Gasteiger partial charge in [-0.25, -0.2) is 8.42 Å². The molecule has 1 heterocycles. The van der Waals surface area contributed by atoms with Crippen molar-refractivity contribution in [3.05, 3.63) is 70.1 Å². The Labute approximate surface area is 122 Å². The Kier molecular flexibility index (Phi) is 2.95. The normalized spacial score (nSPS) is 18.4. The van der Waals surface area contributed by atoms with Gasteiger partial charge in [-0.1, -0.05) is 42.0 Å². The lowest BCUT2D eigenvalue weighted by Gasteiger charge is -2.06. The van der Waals surface area contributed by atoms with Crippen molar-refractivity contribution in [2.24, 2.45) is 5.73 Å². The fourth-order valence-electron chi connectivity index (χ4n) is 2.37. The number of nitrogens with two attached hydrogens (primary N) is 1. The molecule has 2 N–H and O–H groups in total. The number of fused-ring (bicyclic) bond motifs is 1. The predicted octanol–water partition coefficient (Wildman–Crippen LogP) is 2.29. The Morgan fingerprint density at radius 1 is 1.00 bits per heavy atom. The maximum absolute atomic E-state index is 12.5. The minimum Gasteiger partial charge on any atom is -0.397 e. The van der Waals surface area contributed by atoms with E-state index in [1.165, 1.54) is 12.1 Å². The first-order valence-corrected chi connectivity index (χ1v) is 7.87. The lowest BCUT2D eigenvalue weighted by atomic mass is 10.1. The number of ketones is 1. The Bertz CT molecular complexity index is 878. The summed E-state index contributed by atoms with van der Waals surface area (Å²) in [7, 11) is -3.85. The zero-order valence-electron chi connectivity index (χ0n) is 11.3. The molecule has 0 saturated carbocycles. The van der Waals surface area contributed by atoms with E-state index < -0.39 is 15.6 Å². The van der Waals surface area contributed by atoms with Gasteiger partial charge in [0.15, 0.2) is 0 Å². The van der Waals surface area contributed by atoms with Crippen LogP contribution >= 0.6 is 0 Å². The molecule has 0 radical (unpaired) electrons. The van der Waals surface area contributed by atoms with Crippen LogP contribution in [0.15, 0.2) is 58.3 Å². The molecule has 5 heteroatoms. The van der Waals surface area contributed by atoms with Gasteiger partial charge in [-0.2, -0.15) is 0 Å². The lowest BCUT2D eigenvalue weighted by molar-refractivity contribution is 0.104. The maximum atomic E-state index is 12.5. The lowest BCUT2D eigenvalue weighted by Crippen LogP contribution is -2.11. The zero-order valence-corrected chi connectivity index (χ0v) is 12.1. The summed E-state index contributed by atoms with van der Waals surface area (Å²) < 4.78 is 25.0. The molecule has 0 aromatic heterocycles. The number of carbonyl (C=O) groups excluding carboxylic acids is 1. The standard InChI is InChI=1S/C16H13NO3S/c1-10-6-8-11(9-7-10)14(17)16-15(18)12-4-2-3-5-13(12)21(16,19)20/h2-9H,17H2,1H3/b16-14+. The van der Waals surface area contributed by atoms with Crippen LogP contribution in [0.2, 0.25) is 0 Å². The molecule has 0 unspecified atom stereocenters. The van der Waals surface area contributed by atoms with E-state index in [2.05, 4.69) is 0 Å². The molecule has 0 amide bonds. The fourth-order valence-corrected chi connectivity index (χ4v) is 4.06. The third-order valence-corrected chi connectivity index (χ3v) is 5.38. The van der Waals surface area contributed by atoms with Gasteiger partial charge < -0.3 is 5.73 Å². The van der Waals surface area contributed by atoms with E-state index in [1.807, 2.05) is 19.1 Å². The van der Waals surface area contributed by atoms with Gasteiger partial charge in [0.25, 0.3) is 0 Å². The fraction of sp³-hybridized carbons (Fsp3) is 0.0625. The van der Waals surface area contributed by atoms with Crippen LogP contribution in [0.1, 0.15) is 21.5 Å². The van der Waals surface area contributed by atoms with Crippen LogP contribution in [0, 0.1) is 6.92 Å². The molecule has 2 aromatic rings. The quantitative estimate of drug-likeness (QED) is 0.820. The molecule has 21 heavy (non-hydrogen) atoms. The number of allylic oxidation sites excluding steroid dienone is 1. The third kappa shape index (κ3) is 1.97. The second-order valence-corrected chi connectivity index (χ2v) is 6.79. The number of carbonyl (C=O) groups is 1. The molecule has 2 aromatic carbocycles. The third-order valence-electron chi connectivity index (χ3n) is 3.50. The van der Waals surface area contributed by atoms with E-state index >= 15 is 0 Å². The van der Waals surface area contributed by atoms with Gasteiger partial charge >= 0.3 is 0 Å². The first kappa shape index (κ1) is 13.6. The van der Waals surface area contributed by atoms with Gasteiger partial charge in [0.1, 0.15) is 4.91 Å². The van der Waals surface area contributed by atoms with Crippen molar-refractivity contribution >= 4 is 21.3 Å². The van der Waals surface area contributed by atoms with Crippen molar-refractivity contribution < 1.29 is 13.2 Å². The molecule has 1 aliphatic heterocycles. The first-order chi connectivity index (χ1) is 9.93. The van der Waals surface area contributed by atoms with Gasteiger partial charge in [0, 0.05) is 5.56 Å². The SMILES string of the molecule is Cc1ccc(/C(N)=C2/C(=O)c3ccccc3S2(=O)=O)cc1. The minimum atomic E-state index is -3.85. The van der Waals surface area contributed by atoms with E-state index in [9.17, 15) is 13.2 Å². The molecule has 106 valence electrons. The Morgan fingerprint density at radius 3 is 2.24 bits per heavy atom. The van der Waals surface area contributed by atoms with Gasteiger partial charge in [0.2, 0.25) is 15.6 Å². The predicted molar refractivity (Wildman–Crippen MR) is 80.2 cm³/mol. The molecule has 0 atom stereocenters. The molecule has 0 spiro atoms. The Hall–Kier alpha value is -2.40. The molecule has 4 nitrogen and oxygen atoms in total. The highest BCUT2D eigenvalue weighted by Crippen LogP contribution is 2.36. The van der Waals surface area contributed by atoms with Crippen molar-refractivity contribution in [3.63, 3.8) is 0 Å². The highest BCUT2D eigenvalue weighted by atomic mass is 32.2. The molecule has 3 rings (SSSR count). The number of Topliss-reactive ketones (excluding diaryl/α,β-unsaturated/α-hetero) is 1. The van der Waals surface area contributed by atoms with Gasteiger partial charge in [-0.05, 0) is 24.6 Å². The van der Waals surface area contributed by atoms with Crippen LogP contribution < -0.4 is 5.73 Å². The number of rotatable bonds is 1. The molecule has 0 saturated heterocycles. The maximum Gasteiger partial charge on any atom is 0.213 e. The Morgan fingerprint density at radius 2 is 1.62 bits per heavy atom. The topological polar surface area (TPSA) is 77.2 Å². The van der Waals surface area contributed by atoms with E-state index in [0.717, 1.165) is 5.56 Å². The molecule has 0 aliphatic carbocycles. The van der Waals surface area contributed by atoms with Crippen molar-refractivity contribution in [1.82, 2.24) is 0 Å². The summed E-state index contributed by atoms with van der Waals surface area (Å²) in [6.45, 7) is 1.92. The zero-order chi connectivity index (χ0) is 15.2. The first-order valence-electron chi connectivity index (χ1n) is 6.38. The molecule has 1 aliphatic rings. The van der Waals surface area contributed by atoms with Crippen LogP contribution in [0.25, 0.3) is 5.70 Å². The van der Waals surface area contributed by atoms with Gasteiger partial charge in [-0.3, -0.25) is 4.79 Å². The van der Waals surface area contributed by atoms with E-state index in [0.29, 0.717) is 5.56 Å². The van der Waals surface area contributed by atoms with Crippen molar-refractivity contribution in [3.8, 4) is 0 Å². The molecular formula is C16H13NO3S. The summed E-state index contributed by atoms with van der Waals surface area (Å²) in [5.74, 6) is -0.538. The van der Waals surface area contributed by atoms with E-state index in [4.69, 9.17) is 5.73 Å². The van der Waals surface area contributed by atoms with Crippen LogP contribution in [0.3, 0.4) is 0 Å². The van der Waals surface area contributed by atoms with Gasteiger partial charge in [0.05, 0.1) is 10.6 Å². The molecule has 0 fully saturated rings. The highest BCUT2D eigenvalue weighted by molar-refractivity contribution is 7.97. The largest absolute Gasteiger partial charge is 0.397 e. The number of hydrogen-bond donors (Lipinski definition) is 1. The average Bonchev–Trinajstić information content (AvgIpc) is 2.67. The summed E-state index contributed by atoms with van der Waals surface area (Å²) in [6, 6.07) is 13.2. The van der Waals surface area contributed by atoms with Crippen LogP contribution in [-0.2, 0) is 9.84 Å². The van der Waals surface area contributed by atoms with Crippen LogP contribution in [0.5, 0.6) is 0 Å². The smallest absolute Gasteiger partial charge is 0.213 e. The number of aryl methyl sites for hydroxylation is 1. The summed E-state index contributed by atoms with van der Waals surface area (Å²) in [4.78, 5) is 12.1. The van der Waals surface area contributed by atoms with E-state index in [1.54, 1.807) is 24.3 Å². The minimum absolute atomic E-state index is 0.00352. The second-order valence-electron chi connectivity index (χ2n) is 4.94. The second kappa shape index (κ2) is 4.56. The summed E-state index contributed by atoms with van der Waals surface area (Å²) in [5.41, 5.74) is 7.71. The molecule has 0 bridgehead atoms. The monoisotopic (exact) mass is 299 g/mol. The van der Waals surface area contributed by atoms with Crippen molar-refractivity contribution in [1.29, 1.82) is 0 Å².